The van der Waals surface area contributed by atoms with Gasteiger partial charge in [-0.15, -0.1) is 0 Å². The first-order valence-corrected chi connectivity index (χ1v) is 3.86. The summed E-state index contributed by atoms with van der Waals surface area (Å²) in [7, 11) is 0.00317. The van der Waals surface area contributed by atoms with E-state index in [2.05, 4.69) is 6.92 Å². The molecule has 11 heavy (non-hydrogen) atoms. The van der Waals surface area contributed by atoms with Crippen LogP contribution >= 0.6 is 0 Å². The van der Waals surface area contributed by atoms with E-state index in [0.717, 1.165) is 12.8 Å². The minimum absolute atomic E-state index is 0.261. The number of hydrogen-bond donors (Lipinski definition) is 0. The van der Waals surface area contributed by atoms with Crippen LogP contribution in [0.3, 0.4) is 0 Å². The third kappa shape index (κ3) is 3.81. The molecule has 0 amide bonds. The summed E-state index contributed by atoms with van der Waals surface area (Å²) in [5, 5.41) is 0. The fourth-order valence-corrected chi connectivity index (χ4v) is 0.710. The lowest BCUT2D eigenvalue weighted by atomic mass is 10.1. The van der Waals surface area contributed by atoms with Gasteiger partial charge in [-0.2, -0.15) is 0 Å². The van der Waals surface area contributed by atoms with E-state index in [1.165, 1.54) is 0 Å². The molecule has 1 aliphatic rings. The summed E-state index contributed by atoms with van der Waals surface area (Å²) in [4.78, 5) is 0. The molecule has 0 spiro atoms. The summed E-state index contributed by atoms with van der Waals surface area (Å²) in [6, 6.07) is 0. The van der Waals surface area contributed by atoms with Crippen molar-refractivity contribution in [2.24, 2.45) is 0 Å². The topological polar surface area (TPSA) is 36.9 Å². The van der Waals surface area contributed by atoms with Crippen LogP contribution in [0.25, 0.3) is 0 Å². The summed E-state index contributed by atoms with van der Waals surface area (Å²) < 4.78 is 19.9. The molecule has 0 N–H and O–H groups in total. The highest BCUT2D eigenvalue weighted by atomic mass is 16.8. The highest BCUT2D eigenvalue weighted by Gasteiger charge is 2.25. The van der Waals surface area contributed by atoms with Gasteiger partial charge in [-0.3, -0.25) is 0 Å². The molecule has 4 nitrogen and oxygen atoms in total. The Morgan fingerprint density at radius 3 is 2.73 bits per heavy atom. The maximum absolute atomic E-state index is 5.20. The molecule has 0 unspecified atom stereocenters. The van der Waals surface area contributed by atoms with Gasteiger partial charge in [0.1, 0.15) is 0 Å². The Morgan fingerprint density at radius 1 is 1.36 bits per heavy atom. The molecule has 1 heterocycles. The van der Waals surface area contributed by atoms with Crippen LogP contribution in [-0.2, 0) is 18.4 Å². The minimum Gasteiger partial charge on any atom is -0.458 e. The molecule has 7 heteroatoms. The van der Waals surface area contributed by atoms with Crippen molar-refractivity contribution >= 4 is 22.7 Å². The molecule has 0 aromatic heterocycles. The van der Waals surface area contributed by atoms with E-state index < -0.39 is 7.32 Å². The first kappa shape index (κ1) is 9.13. The third-order valence-corrected chi connectivity index (χ3v) is 1.33. The van der Waals surface area contributed by atoms with Crippen LogP contribution in [0.2, 0.25) is 0 Å². The van der Waals surface area contributed by atoms with Gasteiger partial charge in [-0.05, 0) is 6.42 Å². The molecule has 1 aliphatic heterocycles. The summed E-state index contributed by atoms with van der Waals surface area (Å²) in [6.07, 6.45) is 2.15. The zero-order valence-electron chi connectivity index (χ0n) is 6.75. The Balaban J connectivity index is 1.96. The van der Waals surface area contributed by atoms with Crippen molar-refractivity contribution in [3.05, 3.63) is 0 Å². The second kappa shape index (κ2) is 5.66. The average molecular weight is 156 g/mol. The van der Waals surface area contributed by atoms with Gasteiger partial charge >= 0.3 is 22.7 Å². The van der Waals surface area contributed by atoms with E-state index in [1.807, 2.05) is 0 Å². The molecule has 0 aromatic carbocycles. The molecule has 0 saturated carbocycles. The van der Waals surface area contributed by atoms with Crippen molar-refractivity contribution in [2.75, 3.05) is 6.61 Å². The van der Waals surface area contributed by atoms with Crippen LogP contribution in [0.4, 0.5) is 0 Å². The summed E-state index contributed by atoms with van der Waals surface area (Å²) in [6.45, 7) is 2.79. The monoisotopic (exact) mass is 156 g/mol. The average Bonchev–Trinajstić information content (AvgIpc) is 2.07. The van der Waals surface area contributed by atoms with Crippen LogP contribution in [0, 0.1) is 0 Å². The van der Waals surface area contributed by atoms with E-state index in [4.69, 9.17) is 18.4 Å². The fraction of sp³-hybridized carbons (Fsp3) is 1.00. The lowest BCUT2D eigenvalue weighted by molar-refractivity contribution is 0.171. The minimum atomic E-state index is -0.518. The zero-order valence-corrected chi connectivity index (χ0v) is 6.75. The van der Waals surface area contributed by atoms with Gasteiger partial charge in [-0.25, -0.2) is 0 Å². The van der Waals surface area contributed by atoms with Gasteiger partial charge in [0.05, 0.1) is 0 Å². The molecule has 0 atom stereocenters. The first-order valence-electron chi connectivity index (χ1n) is 3.86. The normalized spacial score (nSPS) is 17.4. The predicted octanol–water partition coefficient (Wildman–Crippen LogP) is -0.616. The molecule has 0 aromatic rings. The highest BCUT2D eigenvalue weighted by molar-refractivity contribution is 6.57. The van der Waals surface area contributed by atoms with Crippen molar-refractivity contribution in [1.29, 1.82) is 0 Å². The van der Waals surface area contributed by atoms with Crippen LogP contribution in [-0.4, -0.2) is 29.3 Å². The quantitative estimate of drug-likeness (QED) is 0.401. The van der Waals surface area contributed by atoms with E-state index in [1.54, 1.807) is 0 Å². The maximum Gasteiger partial charge on any atom is 0.611 e. The number of unbranched alkanes of at least 4 members (excludes halogenated alkanes) is 1. The Labute approximate surface area is 68.3 Å². The second-order valence-corrected chi connectivity index (χ2v) is 2.29. The maximum atomic E-state index is 5.20. The Hall–Kier alpha value is 0.0348. The first-order chi connectivity index (χ1) is 5.43. The predicted molar refractivity (Wildman–Crippen MR) is 44.2 cm³/mol. The van der Waals surface area contributed by atoms with Gasteiger partial charge in [-0.1, -0.05) is 13.3 Å². The smallest absolute Gasteiger partial charge is 0.458 e. The van der Waals surface area contributed by atoms with Gasteiger partial charge in [0.2, 0.25) is 0 Å². The van der Waals surface area contributed by atoms with Crippen LogP contribution < -0.4 is 0 Å². The van der Waals surface area contributed by atoms with Gasteiger partial charge < -0.3 is 18.4 Å². The lowest BCUT2D eigenvalue weighted by Gasteiger charge is -2.17. The Kier molecular flexibility index (Phi) is 4.69. The third-order valence-electron chi connectivity index (χ3n) is 1.33. The Bertz CT molecular complexity index is 97.3. The standard InChI is InChI=1S/C4H11B3O4/c1-2-3-4-8-7-10-5-9-6-11-7/h5-6H,2-4H2,1H3. The second-order valence-electron chi connectivity index (χ2n) is 2.29. The summed E-state index contributed by atoms with van der Waals surface area (Å²) in [5.41, 5.74) is 0. The van der Waals surface area contributed by atoms with E-state index >= 15 is 0 Å². The summed E-state index contributed by atoms with van der Waals surface area (Å²) in [5.74, 6) is 0. The molecule has 0 bridgehead atoms. The van der Waals surface area contributed by atoms with Gasteiger partial charge in [0.15, 0.2) is 0 Å². The molecule has 1 rings (SSSR count). The summed E-state index contributed by atoms with van der Waals surface area (Å²) >= 11 is 0. The zero-order chi connectivity index (χ0) is 7.94. The van der Waals surface area contributed by atoms with E-state index in [9.17, 15) is 0 Å². The van der Waals surface area contributed by atoms with E-state index in [-0.39, 0.29) is 15.4 Å². The molecular formula is C4H11B3O4. The fourth-order valence-electron chi connectivity index (χ4n) is 0.710. The van der Waals surface area contributed by atoms with Crippen LogP contribution in [0.1, 0.15) is 19.8 Å². The molecule has 1 saturated heterocycles. The van der Waals surface area contributed by atoms with Crippen LogP contribution in [0.15, 0.2) is 0 Å². The molecule has 0 radical (unpaired) electrons. The van der Waals surface area contributed by atoms with Crippen molar-refractivity contribution in [3.8, 4) is 0 Å². The molecular weight excluding hydrogens is 144 g/mol. The molecule has 60 valence electrons. The number of rotatable bonds is 4. The van der Waals surface area contributed by atoms with Crippen molar-refractivity contribution in [1.82, 2.24) is 0 Å². The van der Waals surface area contributed by atoms with Crippen molar-refractivity contribution < 1.29 is 18.4 Å². The number of hydrogen-bond acceptors (Lipinski definition) is 4. The lowest BCUT2D eigenvalue weighted by Crippen LogP contribution is -2.37. The van der Waals surface area contributed by atoms with Crippen molar-refractivity contribution in [2.45, 2.75) is 19.8 Å². The largest absolute Gasteiger partial charge is 0.611 e. The van der Waals surface area contributed by atoms with E-state index in [0.29, 0.717) is 6.61 Å². The molecule has 0 aliphatic carbocycles. The molecule has 1 fully saturated rings. The van der Waals surface area contributed by atoms with Crippen LogP contribution in [0.5, 0.6) is 0 Å². The SMILES string of the molecule is CCCCOB1OBOBO1. The van der Waals surface area contributed by atoms with Gasteiger partial charge in [0.25, 0.3) is 0 Å². The van der Waals surface area contributed by atoms with Gasteiger partial charge in [0, 0.05) is 6.61 Å². The highest BCUT2D eigenvalue weighted by Crippen LogP contribution is 1.98. The Morgan fingerprint density at radius 2 is 2.09 bits per heavy atom. The van der Waals surface area contributed by atoms with Crippen molar-refractivity contribution in [3.63, 3.8) is 0 Å².